The van der Waals surface area contributed by atoms with Crippen LogP contribution in [0.5, 0.6) is 0 Å². The van der Waals surface area contributed by atoms with E-state index in [9.17, 15) is 9.90 Å². The van der Waals surface area contributed by atoms with Gasteiger partial charge in [-0.25, -0.2) is 9.78 Å². The fourth-order valence-corrected chi connectivity index (χ4v) is 1.95. The quantitative estimate of drug-likeness (QED) is 0.661. The highest BCUT2D eigenvalue weighted by Crippen LogP contribution is 2.36. The predicted molar refractivity (Wildman–Crippen MR) is 71.9 cm³/mol. The molecule has 0 atom stereocenters. The molecule has 0 amide bonds. The summed E-state index contributed by atoms with van der Waals surface area (Å²) in [6, 6.07) is 1.47. The van der Waals surface area contributed by atoms with Crippen molar-refractivity contribution in [2.75, 3.05) is 0 Å². The van der Waals surface area contributed by atoms with Gasteiger partial charge in [0.2, 0.25) is 0 Å². The number of carboxylic acids is 1. The minimum Gasteiger partial charge on any atom is -0.478 e. The topological polar surface area (TPSA) is 68.7 Å². The molecule has 1 aromatic rings. The van der Waals surface area contributed by atoms with Crippen molar-refractivity contribution in [2.45, 2.75) is 38.9 Å². The molecule has 0 spiro atoms. The molecule has 1 aliphatic heterocycles. The van der Waals surface area contributed by atoms with Gasteiger partial charge in [0.1, 0.15) is 5.15 Å². The minimum atomic E-state index is -1.09. The maximum Gasteiger partial charge on any atom is 0.495 e. The van der Waals surface area contributed by atoms with E-state index in [-0.39, 0.29) is 10.7 Å². The van der Waals surface area contributed by atoms with Crippen LogP contribution in [0, 0.1) is 0 Å². The van der Waals surface area contributed by atoms with Crippen LogP contribution in [-0.4, -0.2) is 34.4 Å². The second-order valence-corrected chi connectivity index (χ2v) is 5.87. The molecule has 19 heavy (non-hydrogen) atoms. The molecule has 5 nitrogen and oxygen atoms in total. The smallest absolute Gasteiger partial charge is 0.478 e. The average molecular weight is 284 g/mol. The van der Waals surface area contributed by atoms with E-state index < -0.39 is 24.3 Å². The van der Waals surface area contributed by atoms with Crippen molar-refractivity contribution in [3.05, 3.63) is 23.0 Å². The van der Waals surface area contributed by atoms with Crippen LogP contribution in [-0.2, 0) is 9.31 Å². The summed E-state index contributed by atoms with van der Waals surface area (Å²) in [4.78, 5) is 15.0. The van der Waals surface area contributed by atoms with E-state index >= 15 is 0 Å². The molecular weight excluding hydrogens is 268 g/mol. The summed E-state index contributed by atoms with van der Waals surface area (Å²) in [7, 11) is -0.767. The Morgan fingerprint density at radius 3 is 2.32 bits per heavy atom. The second-order valence-electron chi connectivity index (χ2n) is 5.49. The number of aromatic carboxylic acids is 1. The Hall–Kier alpha value is -1.11. The van der Waals surface area contributed by atoms with Crippen molar-refractivity contribution < 1.29 is 19.2 Å². The molecule has 1 saturated heterocycles. The first-order valence-corrected chi connectivity index (χ1v) is 6.26. The Morgan fingerprint density at radius 2 is 1.84 bits per heavy atom. The maximum atomic E-state index is 11.2. The Labute approximate surface area is 117 Å². The first kappa shape index (κ1) is 14.3. The summed E-state index contributed by atoms with van der Waals surface area (Å²) in [5.41, 5.74) is -0.666. The highest BCUT2D eigenvalue weighted by Gasteiger charge is 2.52. The summed E-state index contributed by atoms with van der Waals surface area (Å²) >= 11 is 5.83. The fraction of sp³-hybridized carbons (Fsp3) is 0.500. The van der Waals surface area contributed by atoms with Crippen molar-refractivity contribution in [1.82, 2.24) is 4.98 Å². The third-order valence-electron chi connectivity index (χ3n) is 3.64. The highest BCUT2D eigenvalue weighted by atomic mass is 35.5. The average Bonchev–Trinajstić information content (AvgIpc) is 2.47. The van der Waals surface area contributed by atoms with Crippen LogP contribution in [0.4, 0.5) is 0 Å². The van der Waals surface area contributed by atoms with Crippen molar-refractivity contribution in [2.24, 2.45) is 0 Å². The van der Waals surface area contributed by atoms with Crippen LogP contribution in [0.25, 0.3) is 0 Å². The van der Waals surface area contributed by atoms with Crippen LogP contribution in [0.2, 0.25) is 5.15 Å². The Kier molecular flexibility index (Phi) is 3.37. The van der Waals surface area contributed by atoms with Gasteiger partial charge in [-0.1, -0.05) is 11.6 Å². The number of hydrogen-bond donors (Lipinski definition) is 1. The van der Waals surface area contributed by atoms with Crippen LogP contribution < -0.4 is 5.46 Å². The van der Waals surface area contributed by atoms with Gasteiger partial charge in [-0.05, 0) is 33.8 Å². The summed E-state index contributed by atoms with van der Waals surface area (Å²) in [5, 5.41) is 9.39. The lowest BCUT2D eigenvalue weighted by atomic mass is 9.76. The fourth-order valence-electron chi connectivity index (χ4n) is 1.79. The molecule has 0 aromatic carbocycles. The summed E-state index contributed by atoms with van der Waals surface area (Å²) in [6.07, 6.45) is 1.21. The van der Waals surface area contributed by atoms with E-state index in [1.165, 1.54) is 12.3 Å². The van der Waals surface area contributed by atoms with E-state index in [4.69, 9.17) is 20.9 Å². The molecule has 2 rings (SSSR count). The Morgan fingerprint density at radius 1 is 1.32 bits per heavy atom. The number of aromatic nitrogens is 1. The molecule has 7 heteroatoms. The standard InChI is InChI=1S/C12H15BClNO4/c1-11(2)12(3,4)19-13(18-11)8-5-9(14)15-6-7(8)10(16)17/h5-6H,1-4H3,(H,16,17). The highest BCUT2D eigenvalue weighted by molar-refractivity contribution is 6.63. The van der Waals surface area contributed by atoms with E-state index in [0.29, 0.717) is 5.46 Å². The van der Waals surface area contributed by atoms with Gasteiger partial charge in [0, 0.05) is 11.7 Å². The van der Waals surface area contributed by atoms with Gasteiger partial charge < -0.3 is 14.4 Å². The first-order valence-electron chi connectivity index (χ1n) is 5.88. The molecule has 1 fully saturated rings. The minimum absolute atomic E-state index is 0.0305. The number of carboxylic acid groups (broad SMARTS) is 1. The largest absolute Gasteiger partial charge is 0.495 e. The van der Waals surface area contributed by atoms with Crippen molar-refractivity contribution in [3.63, 3.8) is 0 Å². The van der Waals surface area contributed by atoms with E-state index in [2.05, 4.69) is 4.98 Å². The zero-order valence-corrected chi connectivity index (χ0v) is 12.0. The zero-order chi connectivity index (χ0) is 14.4. The zero-order valence-electron chi connectivity index (χ0n) is 11.2. The molecule has 102 valence electrons. The van der Waals surface area contributed by atoms with Crippen LogP contribution in [0.15, 0.2) is 12.3 Å². The van der Waals surface area contributed by atoms with E-state index in [0.717, 1.165) is 0 Å². The van der Waals surface area contributed by atoms with Gasteiger partial charge in [0.05, 0.1) is 16.8 Å². The number of rotatable bonds is 2. The molecule has 1 aliphatic rings. The van der Waals surface area contributed by atoms with Gasteiger partial charge in [-0.2, -0.15) is 0 Å². The third-order valence-corrected chi connectivity index (χ3v) is 3.85. The van der Waals surface area contributed by atoms with Crippen molar-refractivity contribution in [1.29, 1.82) is 0 Å². The van der Waals surface area contributed by atoms with Gasteiger partial charge >= 0.3 is 13.1 Å². The normalized spacial score (nSPS) is 20.6. The lowest BCUT2D eigenvalue weighted by Gasteiger charge is -2.32. The van der Waals surface area contributed by atoms with Gasteiger partial charge in [-0.15, -0.1) is 0 Å². The Bertz CT molecular complexity index is 516. The third kappa shape index (κ3) is 2.48. The summed E-state index contributed by atoms with van der Waals surface area (Å²) < 4.78 is 11.6. The van der Waals surface area contributed by atoms with E-state index in [1.54, 1.807) is 0 Å². The number of halogens is 1. The second kappa shape index (κ2) is 4.47. The van der Waals surface area contributed by atoms with Gasteiger partial charge in [0.25, 0.3) is 0 Å². The molecule has 0 radical (unpaired) electrons. The SMILES string of the molecule is CC1(C)OB(c2cc(Cl)ncc2C(=O)O)OC1(C)C. The lowest BCUT2D eigenvalue weighted by molar-refractivity contribution is 0.00578. The molecule has 0 bridgehead atoms. The molecule has 1 N–H and O–H groups in total. The number of nitrogens with zero attached hydrogens (tertiary/aromatic N) is 1. The molecule has 1 aromatic heterocycles. The summed E-state index contributed by atoms with van der Waals surface area (Å²) in [6.45, 7) is 7.60. The molecular formula is C12H15BClNO4. The molecule has 0 aliphatic carbocycles. The number of pyridine rings is 1. The lowest BCUT2D eigenvalue weighted by Crippen LogP contribution is -2.41. The van der Waals surface area contributed by atoms with Crippen molar-refractivity contribution in [3.8, 4) is 0 Å². The number of carbonyl (C=O) groups is 1. The molecule has 0 saturated carbocycles. The molecule has 0 unspecified atom stereocenters. The number of hydrogen-bond acceptors (Lipinski definition) is 4. The predicted octanol–water partition coefficient (Wildman–Crippen LogP) is 1.73. The van der Waals surface area contributed by atoms with Gasteiger partial charge in [-0.3, -0.25) is 0 Å². The van der Waals surface area contributed by atoms with E-state index in [1.807, 2.05) is 27.7 Å². The summed E-state index contributed by atoms with van der Waals surface area (Å²) in [5.74, 6) is -1.09. The van der Waals surface area contributed by atoms with Crippen molar-refractivity contribution >= 4 is 30.2 Å². The van der Waals surface area contributed by atoms with Crippen LogP contribution in [0.1, 0.15) is 38.1 Å². The van der Waals surface area contributed by atoms with Gasteiger partial charge in [0.15, 0.2) is 0 Å². The Balaban J connectivity index is 2.44. The maximum absolute atomic E-state index is 11.2. The van der Waals surface area contributed by atoms with Crippen LogP contribution in [0.3, 0.4) is 0 Å². The molecule has 2 heterocycles. The monoisotopic (exact) mass is 283 g/mol. The van der Waals surface area contributed by atoms with Crippen LogP contribution >= 0.6 is 11.6 Å². The first-order chi connectivity index (χ1) is 8.64.